The van der Waals surface area contributed by atoms with Gasteiger partial charge in [0.15, 0.2) is 5.82 Å². The van der Waals surface area contributed by atoms with Crippen molar-refractivity contribution in [2.24, 2.45) is 0 Å². The van der Waals surface area contributed by atoms with Crippen molar-refractivity contribution in [2.75, 3.05) is 11.1 Å². The number of nitrogens with zero attached hydrogens (tertiary/aromatic N) is 3. The van der Waals surface area contributed by atoms with Crippen molar-refractivity contribution in [3.63, 3.8) is 0 Å². The van der Waals surface area contributed by atoms with E-state index in [1.165, 1.54) is 12.1 Å². The Bertz CT molecular complexity index is 1100. The average molecular weight is 362 g/mol. The van der Waals surface area contributed by atoms with E-state index >= 15 is 0 Å². The van der Waals surface area contributed by atoms with E-state index < -0.39 is 0 Å². The lowest BCUT2D eigenvalue weighted by molar-refractivity contribution is 0.626. The Morgan fingerprint density at radius 2 is 1.89 bits per heavy atom. The van der Waals surface area contributed by atoms with Crippen LogP contribution >= 0.6 is 0 Å². The van der Waals surface area contributed by atoms with Crippen molar-refractivity contribution in [1.29, 1.82) is 0 Å². The summed E-state index contributed by atoms with van der Waals surface area (Å²) in [6, 6.07) is 14.3. The number of H-pyrrole nitrogens is 1. The number of nitrogens with two attached hydrogens (primary N) is 1. The van der Waals surface area contributed by atoms with Crippen LogP contribution in [0, 0.1) is 12.7 Å². The number of aryl methyl sites for hydroxylation is 1. The van der Waals surface area contributed by atoms with Crippen LogP contribution in [0.3, 0.4) is 0 Å². The highest BCUT2D eigenvalue weighted by Gasteiger charge is 2.17. The van der Waals surface area contributed by atoms with Gasteiger partial charge in [0.2, 0.25) is 5.95 Å². The normalized spacial score (nSPS) is 12.3. The summed E-state index contributed by atoms with van der Waals surface area (Å²) in [5, 5.41) is 11.2. The molecule has 27 heavy (non-hydrogen) atoms. The van der Waals surface area contributed by atoms with Gasteiger partial charge in [0.1, 0.15) is 11.6 Å². The highest BCUT2D eigenvalue weighted by Crippen LogP contribution is 2.34. The lowest BCUT2D eigenvalue weighted by Gasteiger charge is -2.17. The third kappa shape index (κ3) is 3.31. The zero-order valence-electron chi connectivity index (χ0n) is 15.0. The molecule has 2 aromatic heterocycles. The van der Waals surface area contributed by atoms with Gasteiger partial charge in [0, 0.05) is 23.1 Å². The molecule has 0 radical (unpaired) electrons. The van der Waals surface area contributed by atoms with Gasteiger partial charge >= 0.3 is 0 Å². The van der Waals surface area contributed by atoms with Gasteiger partial charge in [-0.2, -0.15) is 10.1 Å². The SMILES string of the molecule is Cc1cc(Nc2nc(N)nc3cccc([C@@H](C)c4ccc(F)cc4)c23)n[nH]1. The fraction of sp³-hybridized carbons (Fsp3) is 0.150. The van der Waals surface area contributed by atoms with Crippen LogP contribution in [0.2, 0.25) is 0 Å². The van der Waals surface area contributed by atoms with E-state index in [-0.39, 0.29) is 17.7 Å². The predicted molar refractivity (Wildman–Crippen MR) is 104 cm³/mol. The second-order valence-corrected chi connectivity index (χ2v) is 6.51. The minimum atomic E-state index is -0.253. The van der Waals surface area contributed by atoms with E-state index in [1.54, 1.807) is 12.1 Å². The van der Waals surface area contributed by atoms with Gasteiger partial charge in [-0.15, -0.1) is 0 Å². The van der Waals surface area contributed by atoms with Crippen LogP contribution in [0.25, 0.3) is 10.9 Å². The minimum Gasteiger partial charge on any atom is -0.368 e. The number of hydrogen-bond donors (Lipinski definition) is 3. The molecule has 4 N–H and O–H groups in total. The summed E-state index contributed by atoms with van der Waals surface area (Å²) in [6.45, 7) is 3.99. The van der Waals surface area contributed by atoms with Crippen LogP contribution in [0.1, 0.15) is 29.7 Å². The molecule has 4 rings (SSSR count). The number of fused-ring (bicyclic) bond motifs is 1. The van der Waals surface area contributed by atoms with E-state index in [9.17, 15) is 4.39 Å². The molecule has 0 amide bonds. The first-order valence-electron chi connectivity index (χ1n) is 8.62. The van der Waals surface area contributed by atoms with E-state index in [1.807, 2.05) is 31.2 Å². The summed E-state index contributed by atoms with van der Waals surface area (Å²) in [5.74, 6) is 1.19. The van der Waals surface area contributed by atoms with Gasteiger partial charge in [0.25, 0.3) is 0 Å². The Labute approximate surface area is 155 Å². The number of nitrogens with one attached hydrogen (secondary N) is 2. The summed E-state index contributed by atoms with van der Waals surface area (Å²) in [7, 11) is 0. The van der Waals surface area contributed by atoms with Gasteiger partial charge in [0.05, 0.1) is 5.52 Å². The number of anilines is 3. The highest BCUT2D eigenvalue weighted by atomic mass is 19.1. The summed E-state index contributed by atoms with van der Waals surface area (Å²) in [5.41, 5.74) is 9.60. The molecule has 0 fully saturated rings. The van der Waals surface area contributed by atoms with Gasteiger partial charge < -0.3 is 11.1 Å². The van der Waals surface area contributed by atoms with E-state index in [0.717, 1.165) is 27.7 Å². The maximum Gasteiger partial charge on any atom is 0.222 e. The fourth-order valence-electron chi connectivity index (χ4n) is 3.21. The Hall–Kier alpha value is -3.48. The van der Waals surface area contributed by atoms with Crippen molar-refractivity contribution in [1.82, 2.24) is 20.2 Å². The van der Waals surface area contributed by atoms with Crippen LogP contribution in [0.5, 0.6) is 0 Å². The molecule has 2 heterocycles. The lowest BCUT2D eigenvalue weighted by Crippen LogP contribution is -2.05. The molecule has 6 nitrogen and oxygen atoms in total. The third-order valence-electron chi connectivity index (χ3n) is 4.56. The van der Waals surface area contributed by atoms with E-state index in [0.29, 0.717) is 11.6 Å². The number of benzene rings is 2. The quantitative estimate of drug-likeness (QED) is 0.504. The van der Waals surface area contributed by atoms with Crippen LogP contribution in [0.4, 0.5) is 22.0 Å². The maximum atomic E-state index is 13.3. The number of halogens is 1. The zero-order chi connectivity index (χ0) is 19.0. The smallest absolute Gasteiger partial charge is 0.222 e. The van der Waals surface area contributed by atoms with E-state index in [4.69, 9.17) is 5.73 Å². The van der Waals surface area contributed by atoms with Crippen molar-refractivity contribution in [2.45, 2.75) is 19.8 Å². The molecule has 0 aliphatic rings. The third-order valence-corrected chi connectivity index (χ3v) is 4.56. The van der Waals surface area contributed by atoms with Crippen LogP contribution in [-0.2, 0) is 0 Å². The number of aromatic amines is 1. The number of rotatable bonds is 4. The predicted octanol–water partition coefficient (Wildman–Crippen LogP) is 4.28. The molecular formula is C20H19FN6. The van der Waals surface area contributed by atoms with Gasteiger partial charge in [-0.1, -0.05) is 31.2 Å². The van der Waals surface area contributed by atoms with Crippen LogP contribution in [0.15, 0.2) is 48.5 Å². The Kier molecular flexibility index (Phi) is 4.19. The molecule has 0 saturated heterocycles. The molecule has 0 saturated carbocycles. The first-order valence-corrected chi connectivity index (χ1v) is 8.62. The van der Waals surface area contributed by atoms with Crippen LogP contribution < -0.4 is 11.1 Å². The molecule has 0 spiro atoms. The standard InChI is InChI=1S/C20H19FN6/c1-11-10-17(27-26-11)24-19-18-15(4-3-5-16(18)23-20(22)25-19)12(2)13-6-8-14(21)9-7-13/h3-10,12H,1-2H3,(H4,22,23,24,25,26,27)/t12-/m0/s1. The number of nitrogen functional groups attached to an aromatic ring is 1. The first kappa shape index (κ1) is 17.0. The summed E-state index contributed by atoms with van der Waals surface area (Å²) in [6.07, 6.45) is 0. The highest BCUT2D eigenvalue weighted by molar-refractivity contribution is 5.95. The number of aromatic nitrogens is 4. The molecule has 0 unspecified atom stereocenters. The van der Waals surface area contributed by atoms with Gasteiger partial charge in [-0.3, -0.25) is 5.10 Å². The summed E-state index contributed by atoms with van der Waals surface area (Å²) >= 11 is 0. The van der Waals surface area contributed by atoms with Crippen molar-refractivity contribution in [3.05, 3.63) is 71.2 Å². The summed E-state index contributed by atoms with van der Waals surface area (Å²) in [4.78, 5) is 8.77. The van der Waals surface area contributed by atoms with Crippen molar-refractivity contribution in [3.8, 4) is 0 Å². The Morgan fingerprint density at radius 1 is 1.11 bits per heavy atom. The topological polar surface area (TPSA) is 92.5 Å². The zero-order valence-corrected chi connectivity index (χ0v) is 15.0. The van der Waals surface area contributed by atoms with Gasteiger partial charge in [-0.25, -0.2) is 9.37 Å². The molecule has 0 aliphatic heterocycles. The first-order chi connectivity index (χ1) is 13.0. The van der Waals surface area contributed by atoms with Crippen LogP contribution in [-0.4, -0.2) is 20.2 Å². The molecule has 2 aromatic carbocycles. The molecule has 0 aliphatic carbocycles. The lowest BCUT2D eigenvalue weighted by atomic mass is 9.90. The summed E-state index contributed by atoms with van der Waals surface area (Å²) < 4.78 is 13.3. The molecule has 136 valence electrons. The maximum absolute atomic E-state index is 13.3. The van der Waals surface area contributed by atoms with E-state index in [2.05, 4.69) is 32.4 Å². The molecule has 0 bridgehead atoms. The molecule has 7 heteroatoms. The Balaban J connectivity index is 1.86. The monoisotopic (exact) mass is 362 g/mol. The minimum absolute atomic E-state index is 0.0167. The second-order valence-electron chi connectivity index (χ2n) is 6.51. The van der Waals surface area contributed by atoms with Gasteiger partial charge in [-0.05, 0) is 36.2 Å². The average Bonchev–Trinajstić information content (AvgIpc) is 3.05. The second kappa shape index (κ2) is 6.68. The van der Waals surface area contributed by atoms with Crippen molar-refractivity contribution < 1.29 is 4.39 Å². The Morgan fingerprint density at radius 3 is 2.59 bits per heavy atom. The largest absolute Gasteiger partial charge is 0.368 e. The molecular weight excluding hydrogens is 343 g/mol. The molecule has 4 aromatic rings. The fourth-order valence-corrected chi connectivity index (χ4v) is 3.21. The van der Waals surface area contributed by atoms with Crippen molar-refractivity contribution >= 4 is 28.5 Å². The molecule has 1 atom stereocenters. The number of hydrogen-bond acceptors (Lipinski definition) is 5.